The molecule has 0 saturated heterocycles. The third-order valence-electron chi connectivity index (χ3n) is 3.03. The fourth-order valence-corrected chi connectivity index (χ4v) is 2.95. The van der Waals surface area contributed by atoms with E-state index in [-0.39, 0.29) is 18.1 Å². The molecular weight excluding hydrogens is 304 g/mol. The standard InChI is InChI=1S/C15H22N2O4S/c1-15(2,16)10-17-14(18)5-8-22(19)11-3-4-12-13(9-11)21-7-6-20-12/h3-4,9H,5-8,10,16H2,1-2H3,(H,17,18). The van der Waals surface area contributed by atoms with Crippen molar-refractivity contribution >= 4 is 16.7 Å². The van der Waals surface area contributed by atoms with Crippen molar-refractivity contribution in [2.45, 2.75) is 30.7 Å². The first kappa shape index (κ1) is 16.8. The smallest absolute Gasteiger partial charge is 0.220 e. The molecule has 1 unspecified atom stereocenters. The van der Waals surface area contributed by atoms with Gasteiger partial charge in [-0.15, -0.1) is 0 Å². The third-order valence-corrected chi connectivity index (χ3v) is 4.39. The summed E-state index contributed by atoms with van der Waals surface area (Å²) >= 11 is 0. The topological polar surface area (TPSA) is 90.7 Å². The summed E-state index contributed by atoms with van der Waals surface area (Å²) < 4.78 is 23.1. The molecule has 1 amide bonds. The molecule has 122 valence electrons. The monoisotopic (exact) mass is 326 g/mol. The molecule has 2 rings (SSSR count). The zero-order valence-corrected chi connectivity index (χ0v) is 13.7. The molecule has 6 nitrogen and oxygen atoms in total. The first-order chi connectivity index (χ1) is 10.3. The van der Waals surface area contributed by atoms with Gasteiger partial charge in [-0.25, -0.2) is 0 Å². The number of hydrogen-bond donors (Lipinski definition) is 2. The van der Waals surface area contributed by atoms with Gasteiger partial charge >= 0.3 is 0 Å². The lowest BCUT2D eigenvalue weighted by atomic mass is 10.1. The maximum Gasteiger partial charge on any atom is 0.220 e. The van der Waals surface area contributed by atoms with Crippen LogP contribution in [0.1, 0.15) is 20.3 Å². The van der Waals surface area contributed by atoms with Crippen molar-refractivity contribution in [3.8, 4) is 11.5 Å². The molecule has 0 saturated carbocycles. The quantitative estimate of drug-likeness (QED) is 0.807. The Morgan fingerprint density at radius 3 is 2.68 bits per heavy atom. The third kappa shape index (κ3) is 4.99. The number of nitrogens with one attached hydrogen (secondary N) is 1. The Morgan fingerprint density at radius 1 is 1.32 bits per heavy atom. The molecule has 0 radical (unpaired) electrons. The summed E-state index contributed by atoms with van der Waals surface area (Å²) in [6, 6.07) is 5.20. The summed E-state index contributed by atoms with van der Waals surface area (Å²) in [5.41, 5.74) is 5.34. The van der Waals surface area contributed by atoms with Crippen LogP contribution in [0.3, 0.4) is 0 Å². The van der Waals surface area contributed by atoms with Gasteiger partial charge in [0.15, 0.2) is 11.5 Å². The zero-order valence-electron chi connectivity index (χ0n) is 12.9. The summed E-state index contributed by atoms with van der Waals surface area (Å²) in [5, 5.41) is 2.74. The number of rotatable bonds is 6. The van der Waals surface area contributed by atoms with E-state index in [1.54, 1.807) is 18.2 Å². The Morgan fingerprint density at radius 2 is 2.00 bits per heavy atom. The van der Waals surface area contributed by atoms with Crippen molar-refractivity contribution in [1.29, 1.82) is 0 Å². The van der Waals surface area contributed by atoms with Gasteiger partial charge in [-0.05, 0) is 26.0 Å². The Balaban J connectivity index is 1.86. The second-order valence-electron chi connectivity index (χ2n) is 5.87. The highest BCUT2D eigenvalue weighted by atomic mass is 32.2. The van der Waals surface area contributed by atoms with Gasteiger partial charge < -0.3 is 20.5 Å². The highest BCUT2D eigenvalue weighted by Gasteiger charge is 2.16. The molecule has 3 N–H and O–H groups in total. The van der Waals surface area contributed by atoms with E-state index in [0.717, 1.165) is 0 Å². The second kappa shape index (κ2) is 7.11. The molecule has 0 aliphatic carbocycles. The number of hydrogen-bond acceptors (Lipinski definition) is 5. The fourth-order valence-electron chi connectivity index (χ4n) is 1.88. The lowest BCUT2D eigenvalue weighted by molar-refractivity contribution is -0.120. The van der Waals surface area contributed by atoms with Crippen LogP contribution in [0, 0.1) is 0 Å². The minimum absolute atomic E-state index is 0.149. The van der Waals surface area contributed by atoms with E-state index in [1.165, 1.54) is 0 Å². The molecule has 1 aliphatic heterocycles. The van der Waals surface area contributed by atoms with Gasteiger partial charge in [0.1, 0.15) is 13.2 Å². The van der Waals surface area contributed by atoms with E-state index in [2.05, 4.69) is 5.32 Å². The van der Waals surface area contributed by atoms with E-state index in [0.29, 0.717) is 36.2 Å². The van der Waals surface area contributed by atoms with Crippen LogP contribution in [0.25, 0.3) is 0 Å². The molecule has 0 bridgehead atoms. The minimum Gasteiger partial charge on any atom is -0.486 e. The Hall–Kier alpha value is -1.60. The van der Waals surface area contributed by atoms with Gasteiger partial charge in [-0.2, -0.15) is 0 Å². The van der Waals surface area contributed by atoms with Gasteiger partial charge in [0, 0.05) is 35.2 Å². The molecule has 1 aliphatic rings. The number of amides is 1. The lowest BCUT2D eigenvalue weighted by Crippen LogP contribution is -2.45. The summed E-state index contributed by atoms with van der Waals surface area (Å²) in [5.74, 6) is 1.38. The minimum atomic E-state index is -1.25. The number of carbonyl (C=O) groups is 1. The van der Waals surface area contributed by atoms with E-state index in [9.17, 15) is 9.00 Å². The average Bonchev–Trinajstić information content (AvgIpc) is 2.49. The molecular formula is C15H22N2O4S. The van der Waals surface area contributed by atoms with Crippen LogP contribution in [0.15, 0.2) is 23.1 Å². The van der Waals surface area contributed by atoms with Gasteiger partial charge in [0.25, 0.3) is 0 Å². The second-order valence-corrected chi connectivity index (χ2v) is 7.44. The van der Waals surface area contributed by atoms with Crippen LogP contribution < -0.4 is 20.5 Å². The molecule has 22 heavy (non-hydrogen) atoms. The van der Waals surface area contributed by atoms with Gasteiger partial charge in [0.05, 0.1) is 10.8 Å². The van der Waals surface area contributed by atoms with Crippen LogP contribution in [-0.2, 0) is 15.6 Å². The van der Waals surface area contributed by atoms with Crippen LogP contribution >= 0.6 is 0 Å². The number of fused-ring (bicyclic) bond motifs is 1. The molecule has 0 fully saturated rings. The predicted octanol–water partition coefficient (Wildman–Crippen LogP) is 0.809. The van der Waals surface area contributed by atoms with Crippen LogP contribution in [0.4, 0.5) is 0 Å². The summed E-state index contributed by atoms with van der Waals surface area (Å²) in [6.07, 6.45) is 0.192. The molecule has 7 heteroatoms. The van der Waals surface area contributed by atoms with Gasteiger partial charge in [-0.3, -0.25) is 9.00 Å². The van der Waals surface area contributed by atoms with E-state index in [1.807, 2.05) is 13.8 Å². The maximum atomic E-state index is 12.2. The van der Waals surface area contributed by atoms with Crippen LogP contribution in [0.2, 0.25) is 0 Å². The molecule has 1 aromatic carbocycles. The fraction of sp³-hybridized carbons (Fsp3) is 0.533. The van der Waals surface area contributed by atoms with E-state index >= 15 is 0 Å². The first-order valence-electron chi connectivity index (χ1n) is 7.19. The Bertz CT molecular complexity index is 569. The average molecular weight is 326 g/mol. The number of benzene rings is 1. The maximum absolute atomic E-state index is 12.2. The van der Waals surface area contributed by atoms with Crippen LogP contribution in [0.5, 0.6) is 11.5 Å². The molecule has 0 spiro atoms. The van der Waals surface area contributed by atoms with Crippen LogP contribution in [-0.4, -0.2) is 41.2 Å². The van der Waals surface area contributed by atoms with E-state index in [4.69, 9.17) is 15.2 Å². The van der Waals surface area contributed by atoms with Gasteiger partial charge in [-0.1, -0.05) is 0 Å². The number of nitrogens with two attached hydrogens (primary N) is 1. The SMILES string of the molecule is CC(C)(N)CNC(=O)CCS(=O)c1ccc2c(c1)OCCO2. The first-order valence-corrected chi connectivity index (χ1v) is 8.51. The predicted molar refractivity (Wildman–Crippen MR) is 84.6 cm³/mol. The number of carbonyl (C=O) groups excluding carboxylic acids is 1. The summed E-state index contributed by atoms with van der Waals surface area (Å²) in [4.78, 5) is 12.3. The Kier molecular flexibility index (Phi) is 5.42. The molecule has 1 aromatic rings. The highest BCUT2D eigenvalue weighted by molar-refractivity contribution is 7.85. The van der Waals surface area contributed by atoms with Crippen molar-refractivity contribution in [2.24, 2.45) is 5.73 Å². The zero-order chi connectivity index (χ0) is 16.2. The molecule has 1 atom stereocenters. The van der Waals surface area contributed by atoms with Crippen molar-refractivity contribution in [3.63, 3.8) is 0 Å². The summed E-state index contributed by atoms with van der Waals surface area (Å²) in [6.45, 7) is 5.07. The van der Waals surface area contributed by atoms with Crippen molar-refractivity contribution in [3.05, 3.63) is 18.2 Å². The largest absolute Gasteiger partial charge is 0.486 e. The number of ether oxygens (including phenoxy) is 2. The molecule has 1 heterocycles. The van der Waals surface area contributed by atoms with E-state index < -0.39 is 16.3 Å². The molecule has 0 aromatic heterocycles. The summed E-state index contributed by atoms with van der Waals surface area (Å²) in [7, 11) is -1.25. The van der Waals surface area contributed by atoms with Crippen molar-refractivity contribution in [1.82, 2.24) is 5.32 Å². The Labute approximate surface area is 132 Å². The van der Waals surface area contributed by atoms with Gasteiger partial charge in [0.2, 0.25) is 5.91 Å². The lowest BCUT2D eigenvalue weighted by Gasteiger charge is -2.19. The highest BCUT2D eigenvalue weighted by Crippen LogP contribution is 2.31. The van der Waals surface area contributed by atoms with Crippen molar-refractivity contribution < 1.29 is 18.5 Å². The van der Waals surface area contributed by atoms with Crippen molar-refractivity contribution in [2.75, 3.05) is 25.5 Å². The normalized spacial score (nSPS) is 15.2.